The van der Waals surface area contributed by atoms with Gasteiger partial charge in [0.1, 0.15) is 11.5 Å². The minimum absolute atomic E-state index is 0.00108. The molecule has 0 aliphatic heterocycles. The molecule has 0 bridgehead atoms. The summed E-state index contributed by atoms with van der Waals surface area (Å²) < 4.78 is 198. The summed E-state index contributed by atoms with van der Waals surface area (Å²) in [6, 6.07) is -6.93. The summed E-state index contributed by atoms with van der Waals surface area (Å²) in [6.45, 7) is 0. The fourth-order valence-electron chi connectivity index (χ4n) is 5.55. The third kappa shape index (κ3) is 4.60. The molecule has 3 heterocycles. The van der Waals surface area contributed by atoms with E-state index in [0.29, 0.717) is 0 Å². The zero-order valence-electron chi connectivity index (χ0n) is 45.8. The second kappa shape index (κ2) is 11.2. The van der Waals surface area contributed by atoms with E-state index in [0.717, 1.165) is 0 Å². The molecule has 9 rings (SSSR count). The zero-order valence-corrected chi connectivity index (χ0v) is 23.8. The smallest absolute Gasteiger partial charge is 0.143 e. The van der Waals surface area contributed by atoms with Crippen LogP contribution in [0.5, 0.6) is 0 Å². The molecule has 3 aromatic heterocycles. The van der Waals surface area contributed by atoms with Crippen LogP contribution in [-0.4, -0.2) is 9.97 Å². The maximum absolute atomic E-state index is 9.19. The summed E-state index contributed by atoms with van der Waals surface area (Å²) >= 11 is 0. The van der Waals surface area contributed by atoms with Crippen LogP contribution in [0, 0.1) is 0 Å². The molecule has 0 saturated carbocycles. The molecule has 3 nitrogen and oxygen atoms in total. The van der Waals surface area contributed by atoms with E-state index in [4.69, 9.17) is 30.5 Å². The Labute approximate surface area is 303 Å². The molecule has 0 spiro atoms. The van der Waals surface area contributed by atoms with Crippen LogP contribution in [0.3, 0.4) is 0 Å². The van der Waals surface area contributed by atoms with E-state index >= 15 is 0 Å². The van der Waals surface area contributed by atoms with Gasteiger partial charge in [0, 0.05) is 44.8 Å². The number of hydrogen-bond acceptors (Lipinski definition) is 3. The van der Waals surface area contributed by atoms with Gasteiger partial charge in [0.15, 0.2) is 0 Å². The predicted octanol–water partition coefficient (Wildman–Crippen LogP) is 11.9. The summed E-state index contributed by atoms with van der Waals surface area (Å²) in [5.41, 5.74) is -3.23. The molecule has 0 N–H and O–H groups in total. The Morgan fingerprint density at radius 3 is 1.70 bits per heavy atom. The van der Waals surface area contributed by atoms with E-state index in [1.54, 1.807) is 18.2 Å². The predicted molar refractivity (Wildman–Crippen MR) is 194 cm³/mol. The molecule has 0 fully saturated rings. The SMILES string of the molecule is [2H]c1nc2c(c([2H])c1[2H])c([2H])c([2H])c1c([2H])c([2H])c(-c3ccc(-c4c(-c5c([2H])c([2H])c([2H])c([2H])c5[2H])oc(-c5c([2H])c([2H])c([2H])c([2H])c5[2H])c4-c4c([2H])c([2H])c([2H])c([2H])c4[2H])c4ccccc34)nc12. The van der Waals surface area contributed by atoms with Gasteiger partial charge < -0.3 is 4.42 Å². The molecule has 0 saturated heterocycles. The first kappa shape index (κ1) is 12.8. The quantitative estimate of drug-likeness (QED) is 0.179. The van der Waals surface area contributed by atoms with Crippen LogP contribution >= 0.6 is 0 Å². The molecule has 0 radical (unpaired) electrons. The fourth-order valence-corrected chi connectivity index (χ4v) is 5.55. The van der Waals surface area contributed by atoms with Crippen molar-refractivity contribution in [1.29, 1.82) is 0 Å². The first-order chi connectivity index (χ1) is 32.5. The number of aromatic nitrogens is 2. The Morgan fingerprint density at radius 2 is 1.02 bits per heavy atom. The van der Waals surface area contributed by atoms with Gasteiger partial charge >= 0.3 is 0 Å². The molecule has 0 aliphatic rings. The Morgan fingerprint density at radius 1 is 0.468 bits per heavy atom. The van der Waals surface area contributed by atoms with Crippen molar-refractivity contribution >= 4 is 32.6 Å². The van der Waals surface area contributed by atoms with Gasteiger partial charge in [-0.15, -0.1) is 0 Å². The molecule has 6 aromatic carbocycles. The highest BCUT2D eigenvalue weighted by Gasteiger charge is 2.26. The Bertz CT molecular complexity index is 3740. The van der Waals surface area contributed by atoms with Gasteiger partial charge in [-0.1, -0.05) is 151 Å². The molecule has 0 atom stereocenters. The highest BCUT2D eigenvalue weighted by molar-refractivity contribution is 6.11. The molecule has 9 aromatic rings. The molecule has 0 unspecified atom stereocenters. The van der Waals surface area contributed by atoms with E-state index < -0.39 is 167 Å². The first-order valence-electron chi connectivity index (χ1n) is 25.0. The highest BCUT2D eigenvalue weighted by atomic mass is 16.3. The molecule has 3 heteroatoms. The lowest BCUT2D eigenvalue weighted by atomic mass is 9.87. The molecular weight excluding hydrogens is 572 g/mol. The third-order valence-corrected chi connectivity index (χ3v) is 7.51. The van der Waals surface area contributed by atoms with Crippen molar-refractivity contribution < 1.29 is 34.6 Å². The van der Waals surface area contributed by atoms with Gasteiger partial charge in [-0.05, 0) is 34.0 Å². The number of nitrogens with zero attached hydrogens (tertiary/aromatic N) is 2. The van der Waals surface area contributed by atoms with E-state index in [-0.39, 0.29) is 55.0 Å². The summed E-state index contributed by atoms with van der Waals surface area (Å²) in [6.07, 6.45) is -0.640. The normalized spacial score (nSPS) is 18.0. The van der Waals surface area contributed by atoms with E-state index in [1.165, 1.54) is 18.2 Å². The van der Waals surface area contributed by atoms with Crippen LogP contribution in [0.1, 0.15) is 30.2 Å². The zero-order chi connectivity index (χ0) is 50.3. The monoisotopic (exact) mass is 622 g/mol. The highest BCUT2D eigenvalue weighted by Crippen LogP contribution is 2.50. The lowest BCUT2D eigenvalue weighted by Gasteiger charge is -2.14. The second-order valence-corrected chi connectivity index (χ2v) is 10.1. The summed E-state index contributed by atoms with van der Waals surface area (Å²) in [5, 5.41) is -0.170. The molecule has 0 amide bonds. The van der Waals surface area contributed by atoms with Crippen molar-refractivity contribution in [3.05, 3.63) is 169 Å². The first-order valence-corrected chi connectivity index (χ1v) is 14.0. The van der Waals surface area contributed by atoms with Crippen molar-refractivity contribution in [1.82, 2.24) is 9.97 Å². The van der Waals surface area contributed by atoms with Crippen LogP contribution in [0.4, 0.5) is 0 Å². The van der Waals surface area contributed by atoms with Crippen molar-refractivity contribution in [2.75, 3.05) is 0 Å². The van der Waals surface area contributed by atoms with Crippen LogP contribution < -0.4 is 0 Å². The Hall–Kier alpha value is -6.32. The summed E-state index contributed by atoms with van der Waals surface area (Å²) in [5.74, 6) is -1.28. The number of rotatable bonds is 5. The number of pyridine rings is 2. The Kier molecular flexibility index (Phi) is 3.07. The lowest BCUT2D eigenvalue weighted by molar-refractivity contribution is 0.599. The van der Waals surface area contributed by atoms with Crippen molar-refractivity contribution in [2.24, 2.45) is 0 Å². The van der Waals surface area contributed by atoms with Crippen molar-refractivity contribution in [2.45, 2.75) is 0 Å². The van der Waals surface area contributed by atoms with Gasteiger partial charge in [0.05, 0.1) is 46.9 Å². The van der Waals surface area contributed by atoms with Crippen LogP contribution in [0.15, 0.2) is 174 Å². The number of benzene rings is 6. The Balaban J connectivity index is 1.50. The number of hydrogen-bond donors (Lipinski definition) is 0. The topological polar surface area (TPSA) is 38.9 Å². The van der Waals surface area contributed by atoms with Crippen LogP contribution in [0.25, 0.3) is 88.7 Å². The minimum Gasteiger partial charge on any atom is -0.455 e. The fraction of sp³-hybridized carbons (Fsp3) is 0. The van der Waals surface area contributed by atoms with Gasteiger partial charge in [-0.2, -0.15) is 0 Å². The summed E-state index contributed by atoms with van der Waals surface area (Å²) in [4.78, 5) is 8.81. The molecule has 0 aliphatic carbocycles. The third-order valence-electron chi connectivity index (χ3n) is 7.51. The second-order valence-electron chi connectivity index (χ2n) is 10.1. The summed E-state index contributed by atoms with van der Waals surface area (Å²) in [7, 11) is 0. The van der Waals surface area contributed by atoms with E-state index in [9.17, 15) is 4.11 Å². The van der Waals surface area contributed by atoms with Gasteiger partial charge in [-0.25, -0.2) is 4.98 Å². The lowest BCUT2D eigenvalue weighted by Crippen LogP contribution is -1.92. The van der Waals surface area contributed by atoms with E-state index in [1.807, 2.05) is 0 Å². The van der Waals surface area contributed by atoms with Crippen molar-refractivity contribution in [3.8, 4) is 56.2 Å². The minimum atomic E-state index is -0.858. The average molecular weight is 623 g/mol. The average Bonchev–Trinajstić information content (AvgIpc) is 3.69. The standard InChI is InChI=1S/C44H28N2O/c1-4-13-29(14-5-1)39-40(44(33-17-8-3-9-18-33)47-43(39)32-15-6-2-7-16-32)37-26-25-36(34-20-10-11-21-35(34)37)38-27-24-31-23-22-30-19-12-28-45-41(30)42(31)46-38/h1-28H/i1D,2D,3D,4D,5D,6D,7D,8D,9D,12D,13D,14D,15D,16D,17D,18D,19D,22D,23D,24D,27D,28D. The maximum Gasteiger partial charge on any atom is 0.143 e. The largest absolute Gasteiger partial charge is 0.455 e. The van der Waals surface area contributed by atoms with E-state index in [2.05, 4.69) is 9.97 Å². The van der Waals surface area contributed by atoms with Crippen LogP contribution in [0.2, 0.25) is 0 Å². The van der Waals surface area contributed by atoms with Crippen LogP contribution in [-0.2, 0) is 0 Å². The van der Waals surface area contributed by atoms with Gasteiger partial charge in [0.25, 0.3) is 0 Å². The maximum atomic E-state index is 9.19. The van der Waals surface area contributed by atoms with Gasteiger partial charge in [-0.3, -0.25) is 4.98 Å². The molecule has 220 valence electrons. The van der Waals surface area contributed by atoms with Crippen molar-refractivity contribution in [3.63, 3.8) is 0 Å². The molecule has 47 heavy (non-hydrogen) atoms. The van der Waals surface area contributed by atoms with Gasteiger partial charge in [0.2, 0.25) is 0 Å². The molecular formula is C44H28N2O. The number of fused-ring (bicyclic) bond motifs is 4. The number of furan rings is 1.